The summed E-state index contributed by atoms with van der Waals surface area (Å²) in [5.41, 5.74) is -2.15. The molecule has 1 saturated heterocycles. The van der Waals surface area contributed by atoms with Crippen molar-refractivity contribution in [1.29, 1.82) is 0 Å². The monoisotopic (exact) mass is 402 g/mol. The zero-order valence-corrected chi connectivity index (χ0v) is 15.9. The Morgan fingerprint density at radius 3 is 2.68 bits per heavy atom. The SMILES string of the molecule is CCCCCCCC(=O)OCn1c(=O)c(F)cn([C@@H]2CC(O)[C@H](CO)O2)c1=O. The third-order valence-electron chi connectivity index (χ3n) is 4.69. The van der Waals surface area contributed by atoms with Crippen molar-refractivity contribution in [2.24, 2.45) is 0 Å². The number of aromatic nitrogens is 2. The molecule has 10 heteroatoms. The van der Waals surface area contributed by atoms with Crippen LogP contribution in [0.25, 0.3) is 0 Å². The summed E-state index contributed by atoms with van der Waals surface area (Å²) in [6.07, 6.45) is 2.49. The second-order valence-corrected chi connectivity index (χ2v) is 6.82. The van der Waals surface area contributed by atoms with Gasteiger partial charge in [-0.2, -0.15) is 4.39 Å². The van der Waals surface area contributed by atoms with Crippen molar-refractivity contribution in [2.45, 2.75) is 77.0 Å². The number of ether oxygens (including phenoxy) is 2. The van der Waals surface area contributed by atoms with E-state index in [9.17, 15) is 23.9 Å². The van der Waals surface area contributed by atoms with Crippen molar-refractivity contribution in [1.82, 2.24) is 9.13 Å². The standard InChI is InChI=1S/C18H27FN2O7/c1-2-3-4-5-6-7-16(24)27-11-21-17(25)12(19)9-20(18(21)26)15-8-13(23)14(10-22)28-15/h9,13-15,22-23H,2-8,10-11H2,1H3/t13?,14-,15-/m0/s1. The fourth-order valence-electron chi connectivity index (χ4n) is 3.04. The lowest BCUT2D eigenvalue weighted by Gasteiger charge is -2.16. The van der Waals surface area contributed by atoms with Crippen molar-refractivity contribution >= 4 is 5.97 Å². The topological polar surface area (TPSA) is 120 Å². The minimum atomic E-state index is -1.22. The number of nitrogens with zero attached hydrogens (tertiary/aromatic N) is 2. The molecular formula is C18H27FN2O7. The van der Waals surface area contributed by atoms with Crippen LogP contribution in [0, 0.1) is 5.82 Å². The normalized spacial score (nSPS) is 21.8. The number of rotatable bonds is 10. The quantitative estimate of drug-likeness (QED) is 0.435. The zero-order valence-electron chi connectivity index (χ0n) is 15.9. The van der Waals surface area contributed by atoms with E-state index in [1.807, 2.05) is 0 Å². The van der Waals surface area contributed by atoms with Crippen LogP contribution in [-0.4, -0.2) is 44.1 Å². The Hall–Kier alpha value is -2.04. The molecule has 158 valence electrons. The van der Waals surface area contributed by atoms with Gasteiger partial charge in [-0.05, 0) is 6.42 Å². The average molecular weight is 402 g/mol. The molecule has 1 fully saturated rings. The number of aliphatic hydroxyl groups excluding tert-OH is 2. The van der Waals surface area contributed by atoms with Gasteiger partial charge < -0.3 is 19.7 Å². The molecule has 0 spiro atoms. The Balaban J connectivity index is 2.05. The zero-order chi connectivity index (χ0) is 20.7. The molecule has 0 amide bonds. The van der Waals surface area contributed by atoms with Gasteiger partial charge in [0.15, 0.2) is 6.73 Å². The molecule has 1 aromatic rings. The summed E-state index contributed by atoms with van der Waals surface area (Å²) in [6, 6.07) is 0. The van der Waals surface area contributed by atoms with Gasteiger partial charge in [-0.25, -0.2) is 9.36 Å². The fraction of sp³-hybridized carbons (Fsp3) is 0.722. The minimum absolute atomic E-state index is 0.0552. The van der Waals surface area contributed by atoms with Gasteiger partial charge >= 0.3 is 11.7 Å². The number of aliphatic hydroxyl groups is 2. The van der Waals surface area contributed by atoms with Crippen molar-refractivity contribution in [3.8, 4) is 0 Å². The van der Waals surface area contributed by atoms with E-state index in [-0.39, 0.29) is 12.8 Å². The fourth-order valence-corrected chi connectivity index (χ4v) is 3.04. The second-order valence-electron chi connectivity index (χ2n) is 6.82. The predicted octanol–water partition coefficient (Wildman–Crippen LogP) is 0.651. The lowest BCUT2D eigenvalue weighted by Crippen LogP contribution is -2.43. The van der Waals surface area contributed by atoms with E-state index >= 15 is 0 Å². The molecule has 0 radical (unpaired) electrons. The highest BCUT2D eigenvalue weighted by molar-refractivity contribution is 5.69. The lowest BCUT2D eigenvalue weighted by atomic mass is 10.1. The molecule has 2 heterocycles. The Kier molecular flexibility index (Phi) is 8.34. The van der Waals surface area contributed by atoms with Crippen LogP contribution in [-0.2, 0) is 21.0 Å². The van der Waals surface area contributed by atoms with Crippen LogP contribution in [0.15, 0.2) is 15.8 Å². The van der Waals surface area contributed by atoms with Crippen molar-refractivity contribution < 1.29 is 28.9 Å². The Bertz CT molecular complexity index is 776. The smallest absolute Gasteiger partial charge is 0.336 e. The molecular weight excluding hydrogens is 375 g/mol. The maximum Gasteiger partial charge on any atom is 0.336 e. The van der Waals surface area contributed by atoms with E-state index in [0.717, 1.165) is 30.3 Å². The van der Waals surface area contributed by atoms with Gasteiger partial charge in [0.05, 0.1) is 18.9 Å². The van der Waals surface area contributed by atoms with Crippen LogP contribution < -0.4 is 11.2 Å². The maximum absolute atomic E-state index is 14.0. The first kappa shape index (κ1) is 22.3. The van der Waals surface area contributed by atoms with Gasteiger partial charge in [0.25, 0.3) is 5.56 Å². The number of carbonyl (C=O) groups is 1. The molecule has 1 aromatic heterocycles. The second kappa shape index (κ2) is 10.5. The Morgan fingerprint density at radius 1 is 1.32 bits per heavy atom. The van der Waals surface area contributed by atoms with Gasteiger partial charge in [0, 0.05) is 12.8 Å². The summed E-state index contributed by atoms with van der Waals surface area (Å²) in [5.74, 6) is -1.80. The molecule has 0 aliphatic carbocycles. The number of hydrogen-bond donors (Lipinski definition) is 2. The third-order valence-corrected chi connectivity index (χ3v) is 4.69. The van der Waals surface area contributed by atoms with E-state index in [1.54, 1.807) is 0 Å². The van der Waals surface area contributed by atoms with E-state index < -0.39 is 54.8 Å². The molecule has 1 aliphatic heterocycles. The van der Waals surface area contributed by atoms with Gasteiger partial charge in [-0.3, -0.25) is 14.2 Å². The van der Waals surface area contributed by atoms with Crippen LogP contribution in [0.4, 0.5) is 4.39 Å². The van der Waals surface area contributed by atoms with Gasteiger partial charge in [0.1, 0.15) is 12.3 Å². The molecule has 28 heavy (non-hydrogen) atoms. The highest BCUT2D eigenvalue weighted by Crippen LogP contribution is 2.27. The molecule has 1 unspecified atom stereocenters. The minimum Gasteiger partial charge on any atom is -0.444 e. The molecule has 1 aliphatic rings. The Labute approximate surface area is 161 Å². The summed E-state index contributed by atoms with van der Waals surface area (Å²) < 4.78 is 25.5. The van der Waals surface area contributed by atoms with Gasteiger partial charge in [-0.1, -0.05) is 32.6 Å². The summed E-state index contributed by atoms with van der Waals surface area (Å²) >= 11 is 0. The first-order valence-corrected chi connectivity index (χ1v) is 9.50. The van der Waals surface area contributed by atoms with Crippen LogP contribution in [0.5, 0.6) is 0 Å². The first-order chi connectivity index (χ1) is 13.4. The summed E-state index contributed by atoms with van der Waals surface area (Å²) in [6.45, 7) is 0.908. The van der Waals surface area contributed by atoms with Crippen molar-refractivity contribution in [2.75, 3.05) is 6.61 Å². The molecule has 0 saturated carbocycles. The lowest BCUT2D eigenvalue weighted by molar-refractivity contribution is -0.148. The van der Waals surface area contributed by atoms with Crippen molar-refractivity contribution in [3.05, 3.63) is 32.9 Å². The molecule has 2 N–H and O–H groups in total. The number of unbranched alkanes of at least 4 members (excludes halogenated alkanes) is 4. The number of carbonyl (C=O) groups excluding carboxylic acids is 1. The Morgan fingerprint density at radius 2 is 2.04 bits per heavy atom. The molecule has 0 bridgehead atoms. The van der Waals surface area contributed by atoms with Crippen LogP contribution in [0.1, 0.15) is 58.1 Å². The van der Waals surface area contributed by atoms with Crippen LogP contribution in [0.2, 0.25) is 0 Å². The van der Waals surface area contributed by atoms with Crippen LogP contribution in [0.3, 0.4) is 0 Å². The van der Waals surface area contributed by atoms with E-state index in [2.05, 4.69) is 6.92 Å². The summed E-state index contributed by atoms with van der Waals surface area (Å²) in [7, 11) is 0. The predicted molar refractivity (Wildman–Crippen MR) is 96.0 cm³/mol. The number of esters is 1. The average Bonchev–Trinajstić information content (AvgIpc) is 3.05. The maximum atomic E-state index is 14.0. The van der Waals surface area contributed by atoms with Gasteiger partial charge in [-0.15, -0.1) is 0 Å². The first-order valence-electron chi connectivity index (χ1n) is 9.50. The molecule has 9 nitrogen and oxygen atoms in total. The highest BCUT2D eigenvalue weighted by Gasteiger charge is 2.35. The van der Waals surface area contributed by atoms with E-state index in [1.165, 1.54) is 0 Å². The van der Waals surface area contributed by atoms with Crippen molar-refractivity contribution in [3.63, 3.8) is 0 Å². The van der Waals surface area contributed by atoms with Crippen LogP contribution >= 0.6 is 0 Å². The molecule has 3 atom stereocenters. The molecule has 0 aromatic carbocycles. The van der Waals surface area contributed by atoms with Gasteiger partial charge in [0.2, 0.25) is 5.82 Å². The summed E-state index contributed by atoms with van der Waals surface area (Å²) in [5, 5.41) is 18.9. The summed E-state index contributed by atoms with van der Waals surface area (Å²) in [4.78, 5) is 36.3. The van der Waals surface area contributed by atoms with E-state index in [0.29, 0.717) is 17.2 Å². The third kappa shape index (κ3) is 5.49. The number of halogens is 1. The largest absolute Gasteiger partial charge is 0.444 e. The van der Waals surface area contributed by atoms with E-state index in [4.69, 9.17) is 14.6 Å². The number of hydrogen-bond acceptors (Lipinski definition) is 7. The highest BCUT2D eigenvalue weighted by atomic mass is 19.1. The molecule has 2 rings (SSSR count).